The number of amides is 1. The number of carbonyl (C=O) groups excluding carboxylic acids is 1. The lowest BCUT2D eigenvalue weighted by molar-refractivity contribution is -0.123. The van der Waals surface area contributed by atoms with E-state index in [4.69, 9.17) is 39.5 Å². The van der Waals surface area contributed by atoms with Gasteiger partial charge in [0.25, 0.3) is 5.91 Å². The lowest BCUT2D eigenvalue weighted by Gasteiger charge is -2.05. The summed E-state index contributed by atoms with van der Waals surface area (Å²) >= 11 is 17.6. The molecule has 2 aromatic carbocycles. The predicted octanol–water partition coefficient (Wildman–Crippen LogP) is 4.18. The molecule has 0 saturated heterocycles. The van der Waals surface area contributed by atoms with E-state index >= 15 is 0 Å². The van der Waals surface area contributed by atoms with Crippen LogP contribution in [0.1, 0.15) is 5.56 Å². The zero-order valence-corrected chi connectivity index (χ0v) is 13.5. The van der Waals surface area contributed by atoms with E-state index in [1.807, 2.05) is 0 Å². The van der Waals surface area contributed by atoms with Crippen LogP contribution in [0.4, 0.5) is 0 Å². The first kappa shape index (κ1) is 16.6. The first-order chi connectivity index (χ1) is 10.5. The molecule has 2 rings (SSSR count). The van der Waals surface area contributed by atoms with E-state index in [-0.39, 0.29) is 6.61 Å². The Kier molecular flexibility index (Phi) is 6.07. The quantitative estimate of drug-likeness (QED) is 0.645. The van der Waals surface area contributed by atoms with Crippen LogP contribution in [-0.4, -0.2) is 18.7 Å². The number of hydrogen-bond donors (Lipinski definition) is 1. The van der Waals surface area contributed by atoms with Crippen molar-refractivity contribution in [3.05, 3.63) is 63.1 Å². The number of halogens is 3. The fourth-order valence-corrected chi connectivity index (χ4v) is 2.16. The van der Waals surface area contributed by atoms with Crippen LogP contribution in [0.15, 0.2) is 47.6 Å². The van der Waals surface area contributed by atoms with E-state index in [0.717, 1.165) is 0 Å². The van der Waals surface area contributed by atoms with E-state index in [1.165, 1.54) is 6.21 Å². The van der Waals surface area contributed by atoms with Gasteiger partial charge in [0.15, 0.2) is 6.61 Å². The Hall–Kier alpha value is -1.75. The summed E-state index contributed by atoms with van der Waals surface area (Å²) in [5.74, 6) is 0.105. The van der Waals surface area contributed by atoms with Gasteiger partial charge in [0.05, 0.1) is 11.2 Å². The van der Waals surface area contributed by atoms with Crippen molar-refractivity contribution in [1.29, 1.82) is 0 Å². The lowest BCUT2D eigenvalue weighted by Crippen LogP contribution is -2.24. The average Bonchev–Trinajstić information content (AvgIpc) is 2.47. The van der Waals surface area contributed by atoms with E-state index in [1.54, 1.807) is 42.5 Å². The van der Waals surface area contributed by atoms with E-state index < -0.39 is 5.91 Å². The summed E-state index contributed by atoms with van der Waals surface area (Å²) in [5.41, 5.74) is 2.98. The van der Waals surface area contributed by atoms with Gasteiger partial charge in [0.1, 0.15) is 5.75 Å². The molecule has 0 aliphatic heterocycles. The summed E-state index contributed by atoms with van der Waals surface area (Å²) < 4.78 is 5.28. The van der Waals surface area contributed by atoms with Gasteiger partial charge in [-0.05, 0) is 30.3 Å². The molecule has 0 aromatic heterocycles. The zero-order chi connectivity index (χ0) is 15.9. The van der Waals surface area contributed by atoms with Crippen LogP contribution in [0.3, 0.4) is 0 Å². The molecule has 0 heterocycles. The Bertz CT molecular complexity index is 705. The molecule has 0 bridgehead atoms. The molecule has 0 saturated carbocycles. The summed E-state index contributed by atoms with van der Waals surface area (Å²) in [4.78, 5) is 11.6. The highest BCUT2D eigenvalue weighted by Gasteiger charge is 2.02. The number of rotatable bonds is 5. The Morgan fingerprint density at radius 1 is 1.14 bits per heavy atom. The monoisotopic (exact) mass is 356 g/mol. The van der Waals surface area contributed by atoms with Crippen LogP contribution in [0.5, 0.6) is 5.75 Å². The third-order valence-electron chi connectivity index (χ3n) is 2.52. The van der Waals surface area contributed by atoms with Crippen LogP contribution >= 0.6 is 34.8 Å². The second-order valence-corrected chi connectivity index (χ2v) is 5.49. The minimum absolute atomic E-state index is 0.175. The maximum Gasteiger partial charge on any atom is 0.277 e. The largest absolute Gasteiger partial charge is 0.484 e. The van der Waals surface area contributed by atoms with E-state index in [9.17, 15) is 4.79 Å². The molecule has 0 aliphatic carbocycles. The second-order valence-electron chi connectivity index (χ2n) is 4.21. The minimum atomic E-state index is -0.402. The van der Waals surface area contributed by atoms with Crippen LogP contribution in [0.2, 0.25) is 15.1 Å². The zero-order valence-electron chi connectivity index (χ0n) is 11.2. The molecule has 0 spiro atoms. The smallest absolute Gasteiger partial charge is 0.277 e. The maximum atomic E-state index is 11.6. The molecular weight excluding hydrogens is 347 g/mol. The molecule has 114 valence electrons. The number of nitrogens with one attached hydrogen (secondary N) is 1. The fourth-order valence-electron chi connectivity index (χ4n) is 1.52. The first-order valence-corrected chi connectivity index (χ1v) is 7.33. The van der Waals surface area contributed by atoms with Crippen molar-refractivity contribution >= 4 is 46.9 Å². The van der Waals surface area contributed by atoms with Crippen LogP contribution in [0, 0.1) is 0 Å². The molecule has 7 heteroatoms. The normalized spacial score (nSPS) is 10.7. The second kappa shape index (κ2) is 8.03. The molecule has 0 aliphatic rings. The minimum Gasteiger partial charge on any atom is -0.484 e. The van der Waals surface area contributed by atoms with Crippen LogP contribution in [0.25, 0.3) is 0 Å². The number of hydrogen-bond acceptors (Lipinski definition) is 3. The molecule has 1 amide bonds. The number of carbonyl (C=O) groups is 1. The van der Waals surface area contributed by atoms with Crippen molar-refractivity contribution in [2.75, 3.05) is 6.61 Å². The fraction of sp³-hybridized carbons (Fsp3) is 0.0667. The van der Waals surface area contributed by atoms with Gasteiger partial charge >= 0.3 is 0 Å². The summed E-state index contributed by atoms with van der Waals surface area (Å²) in [6.07, 6.45) is 1.43. The highest BCUT2D eigenvalue weighted by atomic mass is 35.5. The lowest BCUT2D eigenvalue weighted by atomic mass is 10.2. The molecular formula is C15H11Cl3N2O2. The molecule has 4 nitrogen and oxygen atoms in total. The van der Waals surface area contributed by atoms with Gasteiger partial charge in [-0.15, -0.1) is 0 Å². The predicted molar refractivity (Wildman–Crippen MR) is 89.1 cm³/mol. The molecule has 22 heavy (non-hydrogen) atoms. The SMILES string of the molecule is O=C(COc1cccc(Cl)c1)NN=Cc1ccc(Cl)cc1Cl. The van der Waals surface area contributed by atoms with Crippen molar-refractivity contribution < 1.29 is 9.53 Å². The van der Waals surface area contributed by atoms with Crippen LogP contribution < -0.4 is 10.2 Å². The number of hydrazone groups is 1. The summed E-state index contributed by atoms with van der Waals surface area (Å²) in [6, 6.07) is 11.7. The van der Waals surface area contributed by atoms with E-state index in [2.05, 4.69) is 10.5 Å². The summed E-state index contributed by atoms with van der Waals surface area (Å²) in [6.45, 7) is -0.175. The Morgan fingerprint density at radius 2 is 1.91 bits per heavy atom. The Labute approximate surface area is 142 Å². The van der Waals surface area contributed by atoms with Gasteiger partial charge in [0.2, 0.25) is 0 Å². The third kappa shape index (κ3) is 5.22. The number of benzene rings is 2. The highest BCUT2D eigenvalue weighted by molar-refractivity contribution is 6.36. The van der Waals surface area contributed by atoms with Gasteiger partial charge in [0, 0.05) is 15.6 Å². The molecule has 0 unspecified atom stereocenters. The Balaban J connectivity index is 1.83. The third-order valence-corrected chi connectivity index (χ3v) is 3.32. The standard InChI is InChI=1S/C15H11Cl3N2O2/c16-11-2-1-3-13(6-11)22-9-15(21)20-19-8-10-4-5-12(17)7-14(10)18/h1-8H,9H2,(H,20,21). The van der Waals surface area contributed by atoms with Crippen molar-refractivity contribution in [3.63, 3.8) is 0 Å². The van der Waals surface area contributed by atoms with Crippen LogP contribution in [-0.2, 0) is 4.79 Å². The summed E-state index contributed by atoms with van der Waals surface area (Å²) in [7, 11) is 0. The number of ether oxygens (including phenoxy) is 1. The summed E-state index contributed by atoms with van der Waals surface area (Å²) in [5, 5.41) is 5.31. The van der Waals surface area contributed by atoms with Crippen molar-refractivity contribution in [2.45, 2.75) is 0 Å². The van der Waals surface area contributed by atoms with E-state index in [0.29, 0.717) is 26.4 Å². The topological polar surface area (TPSA) is 50.7 Å². The van der Waals surface area contributed by atoms with Crippen molar-refractivity contribution in [2.24, 2.45) is 5.10 Å². The first-order valence-electron chi connectivity index (χ1n) is 6.20. The van der Waals surface area contributed by atoms with Gasteiger partial charge in [-0.25, -0.2) is 5.43 Å². The van der Waals surface area contributed by atoms with Gasteiger partial charge in [-0.2, -0.15) is 5.10 Å². The molecule has 0 fully saturated rings. The molecule has 1 N–H and O–H groups in total. The van der Waals surface area contributed by atoms with Gasteiger partial charge < -0.3 is 4.74 Å². The average molecular weight is 358 g/mol. The highest BCUT2D eigenvalue weighted by Crippen LogP contribution is 2.19. The number of nitrogens with zero attached hydrogens (tertiary/aromatic N) is 1. The van der Waals surface area contributed by atoms with Crippen molar-refractivity contribution in [1.82, 2.24) is 5.43 Å². The molecule has 0 radical (unpaired) electrons. The van der Waals surface area contributed by atoms with Crippen molar-refractivity contribution in [3.8, 4) is 5.75 Å². The van der Waals surface area contributed by atoms with Gasteiger partial charge in [-0.1, -0.05) is 46.9 Å². The Morgan fingerprint density at radius 3 is 2.64 bits per heavy atom. The van der Waals surface area contributed by atoms with Gasteiger partial charge in [-0.3, -0.25) is 4.79 Å². The maximum absolute atomic E-state index is 11.6. The molecule has 2 aromatic rings. The molecule has 0 atom stereocenters.